The Balaban J connectivity index is 1.10. The first-order valence-corrected chi connectivity index (χ1v) is 13.9. The number of rotatable bonds is 7. The van der Waals surface area contributed by atoms with Gasteiger partial charge in [-0.1, -0.05) is 5.16 Å². The lowest BCUT2D eigenvalue weighted by Gasteiger charge is -2.17. The Morgan fingerprint density at radius 3 is 2.63 bits per heavy atom. The highest BCUT2D eigenvalue weighted by atomic mass is 32.1. The summed E-state index contributed by atoms with van der Waals surface area (Å²) in [6, 6.07) is -0.844. The van der Waals surface area contributed by atoms with Crippen LogP contribution >= 0.6 is 11.3 Å². The number of amides is 1. The van der Waals surface area contributed by atoms with Crippen molar-refractivity contribution in [2.24, 2.45) is 18.9 Å². The second-order valence-electron chi connectivity index (χ2n) is 10.4. The number of nitrogens with zero attached hydrogens (tertiary/aromatic N) is 10. The van der Waals surface area contributed by atoms with Crippen LogP contribution in [-0.4, -0.2) is 62.8 Å². The topological polar surface area (TPSA) is 172 Å². The molecule has 1 aliphatic heterocycles. The summed E-state index contributed by atoms with van der Waals surface area (Å²) in [5, 5.41) is 8.92. The SMILES string of the molecule is Cc1noc(Cn2c(=O)c3c(ncn3C(C)C(=O)Nc3csc(-c4cnc(N5CC6CC6C5)nc4)n3)n(C)c2=O)n1. The molecule has 1 saturated heterocycles. The van der Waals surface area contributed by atoms with Gasteiger partial charge in [-0.3, -0.25) is 14.2 Å². The fourth-order valence-corrected chi connectivity index (χ4v) is 5.97. The lowest BCUT2D eigenvalue weighted by Crippen LogP contribution is -2.40. The van der Waals surface area contributed by atoms with Gasteiger partial charge >= 0.3 is 5.69 Å². The maximum Gasteiger partial charge on any atom is 0.332 e. The van der Waals surface area contributed by atoms with Gasteiger partial charge in [0.15, 0.2) is 17.0 Å². The van der Waals surface area contributed by atoms with E-state index < -0.39 is 23.2 Å². The van der Waals surface area contributed by atoms with Crippen LogP contribution in [0.15, 0.2) is 38.2 Å². The molecule has 0 aromatic carbocycles. The number of hydrogen-bond acceptors (Lipinski definition) is 12. The first-order valence-electron chi connectivity index (χ1n) is 13.1. The van der Waals surface area contributed by atoms with E-state index in [9.17, 15) is 14.4 Å². The summed E-state index contributed by atoms with van der Waals surface area (Å²) in [5.74, 6) is 2.77. The predicted molar refractivity (Wildman–Crippen MR) is 148 cm³/mol. The summed E-state index contributed by atoms with van der Waals surface area (Å²) in [7, 11) is 1.50. The molecule has 1 saturated carbocycles. The molecule has 1 aliphatic carbocycles. The van der Waals surface area contributed by atoms with E-state index in [2.05, 4.69) is 40.3 Å². The van der Waals surface area contributed by atoms with E-state index >= 15 is 0 Å². The third kappa shape index (κ3) is 4.39. The summed E-state index contributed by atoms with van der Waals surface area (Å²) in [6.45, 7) is 5.10. The van der Waals surface area contributed by atoms with Crippen molar-refractivity contribution in [2.75, 3.05) is 23.3 Å². The molecule has 1 amide bonds. The highest BCUT2D eigenvalue weighted by Crippen LogP contribution is 2.45. The minimum Gasteiger partial charge on any atom is -0.340 e. The molecular formula is C25H25N11O4S. The molecule has 6 heterocycles. The largest absolute Gasteiger partial charge is 0.340 e. The van der Waals surface area contributed by atoms with Crippen molar-refractivity contribution in [3.63, 3.8) is 0 Å². The first-order chi connectivity index (χ1) is 19.8. The smallest absolute Gasteiger partial charge is 0.332 e. The van der Waals surface area contributed by atoms with Crippen LogP contribution in [0.25, 0.3) is 21.7 Å². The number of nitrogens with one attached hydrogen (secondary N) is 1. The van der Waals surface area contributed by atoms with Crippen LogP contribution in [0.3, 0.4) is 0 Å². The molecule has 2 aliphatic rings. The van der Waals surface area contributed by atoms with Crippen LogP contribution in [0.4, 0.5) is 11.8 Å². The van der Waals surface area contributed by atoms with E-state index in [0.29, 0.717) is 16.6 Å². The third-order valence-corrected chi connectivity index (χ3v) is 8.51. The Hall–Kier alpha value is -4.73. The van der Waals surface area contributed by atoms with Gasteiger partial charge in [0.05, 0.1) is 6.33 Å². The number of fused-ring (bicyclic) bond motifs is 2. The molecule has 3 unspecified atom stereocenters. The molecule has 41 heavy (non-hydrogen) atoms. The molecule has 3 atom stereocenters. The van der Waals surface area contributed by atoms with Gasteiger partial charge in [0, 0.05) is 43.5 Å². The van der Waals surface area contributed by atoms with E-state index in [-0.39, 0.29) is 23.6 Å². The Kier molecular flexibility index (Phi) is 5.81. The predicted octanol–water partition coefficient (Wildman–Crippen LogP) is 1.21. The van der Waals surface area contributed by atoms with E-state index in [4.69, 9.17) is 4.52 Å². The summed E-state index contributed by atoms with van der Waals surface area (Å²) in [6.07, 6.45) is 6.19. The number of piperidine rings is 1. The molecule has 0 bridgehead atoms. The van der Waals surface area contributed by atoms with Gasteiger partial charge in [-0.2, -0.15) is 4.98 Å². The van der Waals surface area contributed by atoms with Gasteiger partial charge in [0.1, 0.15) is 23.4 Å². The second kappa shape index (κ2) is 9.43. The number of anilines is 2. The third-order valence-electron chi connectivity index (χ3n) is 7.62. The fourth-order valence-electron chi connectivity index (χ4n) is 5.24. The molecule has 2 fully saturated rings. The van der Waals surface area contributed by atoms with Crippen LogP contribution in [-0.2, 0) is 18.4 Å². The number of hydrogen-bond donors (Lipinski definition) is 1. The highest BCUT2D eigenvalue weighted by Gasteiger charge is 2.45. The summed E-state index contributed by atoms with van der Waals surface area (Å²) < 4.78 is 8.75. The van der Waals surface area contributed by atoms with Gasteiger partial charge in [-0.15, -0.1) is 11.3 Å². The standard InChI is InChI=1S/C25H25N11O4S/c1-12(36-11-28-20-19(36)23(38)35(25(39)33(20)3)9-18-29-13(2)32-40-18)21(37)30-17-10-41-22(31-17)16-5-26-24(27-6-16)34-7-14-4-15(14)8-34/h5-6,10-12,14-15H,4,7-9H2,1-3H3,(H,30,37). The van der Waals surface area contributed by atoms with Crippen molar-refractivity contribution in [1.29, 1.82) is 0 Å². The number of aromatic nitrogens is 9. The van der Waals surface area contributed by atoms with Crippen LogP contribution in [0.1, 0.15) is 31.1 Å². The second-order valence-corrected chi connectivity index (χ2v) is 11.3. The maximum absolute atomic E-state index is 13.4. The molecule has 5 aromatic heterocycles. The van der Waals surface area contributed by atoms with Gasteiger partial charge in [0.2, 0.25) is 17.7 Å². The van der Waals surface area contributed by atoms with Gasteiger partial charge in [-0.05, 0) is 32.1 Å². The van der Waals surface area contributed by atoms with Gasteiger partial charge in [-0.25, -0.2) is 29.3 Å². The average Bonchev–Trinajstić information content (AvgIpc) is 3.48. The lowest BCUT2D eigenvalue weighted by atomic mass is 10.3. The molecule has 210 valence electrons. The van der Waals surface area contributed by atoms with Crippen molar-refractivity contribution < 1.29 is 9.32 Å². The fraction of sp³-hybridized carbons (Fsp3) is 0.400. The Morgan fingerprint density at radius 2 is 1.93 bits per heavy atom. The summed E-state index contributed by atoms with van der Waals surface area (Å²) >= 11 is 1.36. The molecule has 1 N–H and O–H groups in total. The summed E-state index contributed by atoms with van der Waals surface area (Å²) in [5.41, 5.74) is -0.207. The maximum atomic E-state index is 13.4. The Morgan fingerprint density at radius 1 is 1.17 bits per heavy atom. The zero-order valence-electron chi connectivity index (χ0n) is 22.4. The number of thiazole rings is 1. The lowest BCUT2D eigenvalue weighted by molar-refractivity contribution is -0.118. The molecule has 5 aromatic rings. The van der Waals surface area contributed by atoms with Crippen LogP contribution < -0.4 is 21.5 Å². The van der Waals surface area contributed by atoms with Crippen molar-refractivity contribution in [2.45, 2.75) is 32.9 Å². The van der Waals surface area contributed by atoms with Crippen molar-refractivity contribution in [3.05, 3.63) is 56.7 Å². The molecule has 0 spiro atoms. The van der Waals surface area contributed by atoms with Crippen molar-refractivity contribution in [1.82, 2.24) is 43.8 Å². The highest BCUT2D eigenvalue weighted by molar-refractivity contribution is 7.13. The summed E-state index contributed by atoms with van der Waals surface area (Å²) in [4.78, 5) is 63.6. The van der Waals surface area contributed by atoms with Gasteiger partial charge < -0.3 is 19.3 Å². The number of aryl methyl sites for hydroxylation is 2. The Labute approximate surface area is 235 Å². The van der Waals surface area contributed by atoms with Crippen molar-refractivity contribution in [3.8, 4) is 10.6 Å². The van der Waals surface area contributed by atoms with Crippen LogP contribution in [0.2, 0.25) is 0 Å². The molecule has 16 heteroatoms. The van der Waals surface area contributed by atoms with Gasteiger partial charge in [0.25, 0.3) is 5.56 Å². The molecule has 7 rings (SSSR count). The number of carbonyl (C=O) groups excluding carboxylic acids is 1. The zero-order chi connectivity index (χ0) is 28.4. The molecule has 0 radical (unpaired) electrons. The quantitative estimate of drug-likeness (QED) is 0.296. The monoisotopic (exact) mass is 575 g/mol. The minimum absolute atomic E-state index is 0.0949. The first kappa shape index (κ1) is 25.3. The number of imidazole rings is 1. The molecule has 15 nitrogen and oxygen atoms in total. The van der Waals surface area contributed by atoms with Crippen LogP contribution in [0.5, 0.6) is 0 Å². The van der Waals surface area contributed by atoms with Crippen molar-refractivity contribution >= 4 is 40.2 Å². The van der Waals surface area contributed by atoms with E-state index in [1.54, 1.807) is 31.6 Å². The zero-order valence-corrected chi connectivity index (χ0v) is 23.2. The van der Waals surface area contributed by atoms with E-state index in [0.717, 1.165) is 41.0 Å². The molecular weight excluding hydrogens is 550 g/mol. The average molecular weight is 576 g/mol. The van der Waals surface area contributed by atoms with E-state index in [1.165, 1.54) is 40.3 Å². The number of carbonyl (C=O) groups is 1. The van der Waals surface area contributed by atoms with Crippen LogP contribution in [0, 0.1) is 18.8 Å². The Bertz CT molecular complexity index is 1910. The normalized spacial score (nSPS) is 18.6. The van der Waals surface area contributed by atoms with E-state index in [1.807, 2.05) is 0 Å². The minimum atomic E-state index is -0.844.